The molecule has 0 heterocycles. The first-order valence-corrected chi connectivity index (χ1v) is 8.19. The molecule has 0 unspecified atom stereocenters. The molecule has 2 aromatic rings. The van der Waals surface area contributed by atoms with Gasteiger partial charge in [0.25, 0.3) is 0 Å². The van der Waals surface area contributed by atoms with Crippen LogP contribution in [0.15, 0.2) is 61.7 Å². The molecule has 0 amide bonds. The van der Waals surface area contributed by atoms with Gasteiger partial charge in [0.05, 0.1) is 7.85 Å². The minimum absolute atomic E-state index is 0.0593. The summed E-state index contributed by atoms with van der Waals surface area (Å²) in [6, 6.07) is 15.4. The third-order valence-corrected chi connectivity index (χ3v) is 4.55. The third-order valence-electron chi connectivity index (χ3n) is 4.55. The second-order valence-corrected chi connectivity index (χ2v) is 6.47. The molecule has 0 nitrogen and oxygen atoms in total. The maximum absolute atomic E-state index is 5.74. The first-order chi connectivity index (χ1) is 11.0. The Hall–Kier alpha value is -2.02. The molecule has 2 radical (unpaired) electrons. The first-order valence-electron chi connectivity index (χ1n) is 8.19. The summed E-state index contributed by atoms with van der Waals surface area (Å²) in [5, 5.41) is 0. The third kappa shape index (κ3) is 3.85. The number of aryl methyl sites for hydroxylation is 1. The van der Waals surface area contributed by atoms with Crippen molar-refractivity contribution < 1.29 is 0 Å². The van der Waals surface area contributed by atoms with E-state index in [4.69, 9.17) is 7.85 Å². The molecule has 0 saturated heterocycles. The van der Waals surface area contributed by atoms with Crippen LogP contribution in [0.4, 0.5) is 0 Å². The molecule has 0 saturated carbocycles. The normalized spacial score (nSPS) is 11.2. The molecule has 1 heteroatoms. The van der Waals surface area contributed by atoms with Crippen LogP contribution in [-0.4, -0.2) is 7.85 Å². The molecular formula is C22H25B. The van der Waals surface area contributed by atoms with Crippen molar-refractivity contribution in [1.29, 1.82) is 0 Å². The van der Waals surface area contributed by atoms with Crippen molar-refractivity contribution in [3.63, 3.8) is 0 Å². The van der Waals surface area contributed by atoms with E-state index in [0.29, 0.717) is 6.32 Å². The first kappa shape index (κ1) is 17.3. The standard InChI is InChI=1S/C22H25B/c1-5-8-19-16-21(12-11-18(19)13-14-23)22(3,4)20-10-7-9-17(6-2)15-20/h5-7,9-12,15-16H,1-2,8,13-14H2,3-4H3. The van der Waals surface area contributed by atoms with Gasteiger partial charge in [-0.25, -0.2) is 0 Å². The Balaban J connectivity index is 2.47. The zero-order valence-electron chi connectivity index (χ0n) is 14.3. The Morgan fingerprint density at radius 1 is 1.00 bits per heavy atom. The number of allylic oxidation sites excluding steroid dienone is 1. The molecule has 0 spiro atoms. The molecule has 0 N–H and O–H groups in total. The lowest BCUT2D eigenvalue weighted by molar-refractivity contribution is 0.639. The highest BCUT2D eigenvalue weighted by Crippen LogP contribution is 2.33. The van der Waals surface area contributed by atoms with E-state index in [2.05, 4.69) is 69.5 Å². The summed E-state index contributed by atoms with van der Waals surface area (Å²) in [7, 11) is 5.74. The van der Waals surface area contributed by atoms with Crippen LogP contribution < -0.4 is 0 Å². The second kappa shape index (κ2) is 7.50. The van der Waals surface area contributed by atoms with Crippen molar-refractivity contribution in [2.24, 2.45) is 0 Å². The lowest BCUT2D eigenvalue weighted by Gasteiger charge is -2.28. The van der Waals surface area contributed by atoms with Gasteiger partial charge in [-0.15, -0.1) is 6.58 Å². The van der Waals surface area contributed by atoms with Crippen molar-refractivity contribution in [1.82, 2.24) is 0 Å². The van der Waals surface area contributed by atoms with Gasteiger partial charge < -0.3 is 0 Å². The summed E-state index contributed by atoms with van der Waals surface area (Å²) in [5.41, 5.74) is 6.36. The molecule has 0 aliphatic rings. The fourth-order valence-corrected chi connectivity index (χ4v) is 2.98. The molecule has 0 atom stereocenters. The lowest BCUT2D eigenvalue weighted by atomic mass is 9.76. The zero-order chi connectivity index (χ0) is 16.9. The Labute approximate surface area is 142 Å². The highest BCUT2D eigenvalue weighted by atomic mass is 14.3. The number of rotatable bonds is 7. The fraction of sp³-hybridized carbons (Fsp3) is 0.273. The molecule has 0 aliphatic carbocycles. The molecule has 116 valence electrons. The van der Waals surface area contributed by atoms with E-state index in [0.717, 1.165) is 18.4 Å². The zero-order valence-corrected chi connectivity index (χ0v) is 14.3. The van der Waals surface area contributed by atoms with Crippen LogP contribution in [0.5, 0.6) is 0 Å². The van der Waals surface area contributed by atoms with Gasteiger partial charge in [0.2, 0.25) is 0 Å². The molecule has 0 aliphatic heterocycles. The highest BCUT2D eigenvalue weighted by molar-refractivity contribution is 6.08. The van der Waals surface area contributed by atoms with Gasteiger partial charge in [-0.1, -0.05) is 81.4 Å². The maximum Gasteiger partial charge on any atom is 0.0657 e. The number of hydrogen-bond acceptors (Lipinski definition) is 0. The predicted molar refractivity (Wildman–Crippen MR) is 103 cm³/mol. The van der Waals surface area contributed by atoms with E-state index in [9.17, 15) is 0 Å². The van der Waals surface area contributed by atoms with E-state index in [-0.39, 0.29) is 5.41 Å². The molecule has 0 fully saturated rings. The van der Waals surface area contributed by atoms with Gasteiger partial charge in [0, 0.05) is 5.41 Å². The maximum atomic E-state index is 5.74. The minimum Gasteiger partial charge on any atom is -0.103 e. The van der Waals surface area contributed by atoms with Crippen molar-refractivity contribution >= 4 is 13.9 Å². The van der Waals surface area contributed by atoms with Crippen LogP contribution in [0, 0.1) is 0 Å². The predicted octanol–water partition coefficient (Wildman–Crippen LogP) is 5.51. The second-order valence-electron chi connectivity index (χ2n) is 6.47. The van der Waals surface area contributed by atoms with Gasteiger partial charge in [0.15, 0.2) is 0 Å². The van der Waals surface area contributed by atoms with Gasteiger partial charge in [-0.2, -0.15) is 0 Å². The van der Waals surface area contributed by atoms with E-state index in [1.807, 2.05) is 12.2 Å². The topological polar surface area (TPSA) is 0 Å². The van der Waals surface area contributed by atoms with Crippen LogP contribution in [0.2, 0.25) is 6.32 Å². The Morgan fingerprint density at radius 2 is 1.74 bits per heavy atom. The van der Waals surface area contributed by atoms with Crippen LogP contribution in [0.1, 0.15) is 41.7 Å². The highest BCUT2D eigenvalue weighted by Gasteiger charge is 2.24. The van der Waals surface area contributed by atoms with Crippen LogP contribution in [-0.2, 0) is 18.3 Å². The summed E-state index contributed by atoms with van der Waals surface area (Å²) >= 11 is 0. The van der Waals surface area contributed by atoms with Gasteiger partial charge in [-0.05, 0) is 40.7 Å². The summed E-state index contributed by atoms with van der Waals surface area (Å²) in [4.78, 5) is 0. The monoisotopic (exact) mass is 300 g/mol. The van der Waals surface area contributed by atoms with Gasteiger partial charge in [0.1, 0.15) is 0 Å². The van der Waals surface area contributed by atoms with Crippen LogP contribution in [0.25, 0.3) is 6.08 Å². The van der Waals surface area contributed by atoms with Crippen molar-refractivity contribution in [3.8, 4) is 0 Å². The molecule has 2 rings (SSSR count). The quantitative estimate of drug-likeness (QED) is 0.467. The van der Waals surface area contributed by atoms with Gasteiger partial charge in [-0.3, -0.25) is 0 Å². The van der Waals surface area contributed by atoms with E-state index in [1.54, 1.807) is 0 Å². The van der Waals surface area contributed by atoms with Crippen LogP contribution in [0.3, 0.4) is 0 Å². The van der Waals surface area contributed by atoms with Crippen molar-refractivity contribution in [2.75, 3.05) is 0 Å². The molecular weight excluding hydrogens is 275 g/mol. The average Bonchev–Trinajstić information content (AvgIpc) is 2.57. The molecule has 0 bridgehead atoms. The number of benzene rings is 2. The molecule has 23 heavy (non-hydrogen) atoms. The molecule has 2 aromatic carbocycles. The summed E-state index contributed by atoms with van der Waals surface area (Å²) in [6.07, 6.45) is 6.33. The number of hydrogen-bond donors (Lipinski definition) is 0. The van der Waals surface area contributed by atoms with Gasteiger partial charge >= 0.3 is 0 Å². The Morgan fingerprint density at radius 3 is 2.39 bits per heavy atom. The smallest absolute Gasteiger partial charge is 0.0657 e. The van der Waals surface area contributed by atoms with Crippen molar-refractivity contribution in [3.05, 3.63) is 89.5 Å². The van der Waals surface area contributed by atoms with Crippen molar-refractivity contribution in [2.45, 2.75) is 38.4 Å². The minimum atomic E-state index is -0.0593. The van der Waals surface area contributed by atoms with E-state index in [1.165, 1.54) is 22.3 Å². The Kier molecular flexibility index (Phi) is 5.66. The lowest BCUT2D eigenvalue weighted by Crippen LogP contribution is -2.19. The summed E-state index contributed by atoms with van der Waals surface area (Å²) < 4.78 is 0. The van der Waals surface area contributed by atoms with E-state index < -0.39 is 0 Å². The largest absolute Gasteiger partial charge is 0.103 e. The Bertz CT molecular complexity index is 695. The van der Waals surface area contributed by atoms with Crippen LogP contribution >= 0.6 is 0 Å². The summed E-state index contributed by atoms with van der Waals surface area (Å²) in [6.45, 7) is 12.3. The fourth-order valence-electron chi connectivity index (χ4n) is 2.98. The SMILES string of the molecule is [B]CCc1ccc(C(C)(C)c2cccc(C=C)c2)cc1CC=C. The summed E-state index contributed by atoms with van der Waals surface area (Å²) in [5.74, 6) is 0. The van der Waals surface area contributed by atoms with E-state index >= 15 is 0 Å². The average molecular weight is 300 g/mol. The molecule has 0 aromatic heterocycles.